The summed E-state index contributed by atoms with van der Waals surface area (Å²) in [4.78, 5) is 11.9. The number of anilines is 1. The van der Waals surface area contributed by atoms with E-state index in [1.54, 1.807) is 6.92 Å². The normalized spacial score (nSPS) is 13.2. The predicted molar refractivity (Wildman–Crippen MR) is 89.6 cm³/mol. The number of aliphatic hydroxyl groups excluding tert-OH is 1. The van der Waals surface area contributed by atoms with Crippen molar-refractivity contribution in [1.82, 2.24) is 0 Å². The van der Waals surface area contributed by atoms with Crippen molar-refractivity contribution in [2.75, 3.05) is 11.9 Å². The van der Waals surface area contributed by atoms with Crippen LogP contribution in [-0.2, 0) is 9.53 Å². The van der Waals surface area contributed by atoms with Crippen LogP contribution in [0, 0.1) is 0 Å². The highest BCUT2D eigenvalue weighted by atomic mass is 79.9. The van der Waals surface area contributed by atoms with E-state index in [1.807, 2.05) is 54.6 Å². The van der Waals surface area contributed by atoms with Gasteiger partial charge in [-0.1, -0.05) is 46.3 Å². The number of esters is 1. The van der Waals surface area contributed by atoms with Crippen molar-refractivity contribution in [3.05, 3.63) is 64.6 Å². The van der Waals surface area contributed by atoms with Crippen LogP contribution < -0.4 is 5.32 Å². The highest BCUT2D eigenvalue weighted by molar-refractivity contribution is 9.10. The number of aliphatic hydroxyl groups is 1. The lowest BCUT2D eigenvalue weighted by Crippen LogP contribution is -2.34. The summed E-state index contributed by atoms with van der Waals surface area (Å²) in [5.41, 5.74) is 1.62. The molecule has 2 rings (SSSR count). The van der Waals surface area contributed by atoms with Crippen LogP contribution in [0.4, 0.5) is 5.69 Å². The molecule has 2 aromatic rings. The Hall–Kier alpha value is -1.85. The molecule has 0 aliphatic heterocycles. The van der Waals surface area contributed by atoms with Crippen molar-refractivity contribution < 1.29 is 14.6 Å². The van der Waals surface area contributed by atoms with Crippen molar-refractivity contribution in [2.24, 2.45) is 0 Å². The van der Waals surface area contributed by atoms with E-state index >= 15 is 0 Å². The first-order valence-corrected chi connectivity index (χ1v) is 7.83. The van der Waals surface area contributed by atoms with E-state index in [2.05, 4.69) is 21.2 Å². The molecular weight excluding hydrogens is 346 g/mol. The first-order valence-electron chi connectivity index (χ1n) is 7.03. The number of benzene rings is 2. The maximum atomic E-state index is 11.9. The second-order valence-corrected chi connectivity index (χ2v) is 5.65. The molecule has 2 N–H and O–H groups in total. The molecule has 0 saturated carbocycles. The Morgan fingerprint density at radius 1 is 1.18 bits per heavy atom. The summed E-state index contributed by atoms with van der Waals surface area (Å²) in [7, 11) is 0. The molecule has 22 heavy (non-hydrogen) atoms. The standard InChI is InChI=1S/C17H18BrNO3/c1-2-22-17(21)16(20)15(12-8-10-13(18)11-9-12)19-14-6-4-3-5-7-14/h3-11,15-16,19-20H,2H2,1H3/t15-,16+/m0/s1. The summed E-state index contributed by atoms with van der Waals surface area (Å²) in [6, 6.07) is 16.3. The monoisotopic (exact) mass is 363 g/mol. The topological polar surface area (TPSA) is 58.6 Å². The van der Waals surface area contributed by atoms with Crippen LogP contribution in [0.1, 0.15) is 18.5 Å². The van der Waals surface area contributed by atoms with Crippen LogP contribution in [0.25, 0.3) is 0 Å². The minimum absolute atomic E-state index is 0.230. The Labute approximate surface area is 138 Å². The third-order valence-electron chi connectivity index (χ3n) is 3.17. The molecule has 0 amide bonds. The van der Waals surface area contributed by atoms with Gasteiger partial charge < -0.3 is 15.2 Å². The number of hydrogen-bond donors (Lipinski definition) is 2. The smallest absolute Gasteiger partial charge is 0.337 e. The molecule has 0 unspecified atom stereocenters. The number of ether oxygens (including phenoxy) is 1. The Morgan fingerprint density at radius 3 is 2.41 bits per heavy atom. The zero-order chi connectivity index (χ0) is 15.9. The van der Waals surface area contributed by atoms with Crippen LogP contribution in [0.5, 0.6) is 0 Å². The maximum Gasteiger partial charge on any atom is 0.337 e. The van der Waals surface area contributed by atoms with Crippen molar-refractivity contribution in [1.29, 1.82) is 0 Å². The largest absolute Gasteiger partial charge is 0.464 e. The molecule has 4 nitrogen and oxygen atoms in total. The first kappa shape index (κ1) is 16.5. The summed E-state index contributed by atoms with van der Waals surface area (Å²) in [6.45, 7) is 1.94. The molecule has 0 saturated heterocycles. The van der Waals surface area contributed by atoms with E-state index in [0.29, 0.717) is 0 Å². The Morgan fingerprint density at radius 2 is 1.82 bits per heavy atom. The van der Waals surface area contributed by atoms with E-state index in [0.717, 1.165) is 15.7 Å². The van der Waals surface area contributed by atoms with E-state index < -0.39 is 18.1 Å². The molecule has 0 aliphatic carbocycles. The maximum absolute atomic E-state index is 11.9. The Bertz CT molecular complexity index is 601. The lowest BCUT2D eigenvalue weighted by atomic mass is 10.0. The van der Waals surface area contributed by atoms with Gasteiger partial charge in [0.1, 0.15) is 0 Å². The van der Waals surface area contributed by atoms with Gasteiger partial charge in [0.05, 0.1) is 12.6 Å². The summed E-state index contributed by atoms with van der Waals surface area (Å²) in [5, 5.41) is 13.5. The van der Waals surface area contributed by atoms with Gasteiger partial charge in [0.25, 0.3) is 0 Å². The highest BCUT2D eigenvalue weighted by Gasteiger charge is 2.28. The average Bonchev–Trinajstić information content (AvgIpc) is 2.54. The summed E-state index contributed by atoms with van der Waals surface area (Å²) in [5.74, 6) is -0.640. The van der Waals surface area contributed by atoms with Crippen LogP contribution in [0.3, 0.4) is 0 Å². The van der Waals surface area contributed by atoms with E-state index in [9.17, 15) is 9.90 Å². The molecule has 0 heterocycles. The fourth-order valence-corrected chi connectivity index (χ4v) is 2.36. The molecule has 0 aliphatic rings. The quantitative estimate of drug-likeness (QED) is 0.770. The Kier molecular flexibility index (Phi) is 5.98. The SMILES string of the molecule is CCOC(=O)[C@H](O)[C@@H](Nc1ccccc1)c1ccc(Br)cc1. The molecule has 0 fully saturated rings. The number of hydrogen-bond acceptors (Lipinski definition) is 4. The molecular formula is C17H18BrNO3. The number of para-hydroxylation sites is 1. The van der Waals surface area contributed by atoms with Crippen molar-refractivity contribution in [3.8, 4) is 0 Å². The number of halogens is 1. The summed E-state index contributed by atoms with van der Waals surface area (Å²) < 4.78 is 5.86. The molecule has 0 aromatic heterocycles. The number of nitrogens with one attached hydrogen (secondary N) is 1. The van der Waals surface area contributed by atoms with E-state index in [-0.39, 0.29) is 6.61 Å². The summed E-state index contributed by atoms with van der Waals surface area (Å²) >= 11 is 3.38. The summed E-state index contributed by atoms with van der Waals surface area (Å²) in [6.07, 6.45) is -1.29. The van der Waals surface area contributed by atoms with E-state index in [1.165, 1.54) is 0 Å². The average molecular weight is 364 g/mol. The third-order valence-corrected chi connectivity index (χ3v) is 3.70. The van der Waals surface area contributed by atoms with Gasteiger partial charge >= 0.3 is 5.97 Å². The molecule has 2 aromatic carbocycles. The van der Waals surface area contributed by atoms with Gasteiger partial charge in [0.2, 0.25) is 0 Å². The van der Waals surface area contributed by atoms with Crippen molar-refractivity contribution in [2.45, 2.75) is 19.1 Å². The molecule has 0 bridgehead atoms. The highest BCUT2D eigenvalue weighted by Crippen LogP contribution is 2.25. The van der Waals surface area contributed by atoms with Crippen LogP contribution >= 0.6 is 15.9 Å². The minimum atomic E-state index is -1.29. The van der Waals surface area contributed by atoms with Gasteiger partial charge in [0, 0.05) is 10.2 Å². The molecule has 116 valence electrons. The molecule has 2 atom stereocenters. The second kappa shape index (κ2) is 7.96. The van der Waals surface area contributed by atoms with Crippen molar-refractivity contribution >= 4 is 27.6 Å². The minimum Gasteiger partial charge on any atom is -0.464 e. The fourth-order valence-electron chi connectivity index (χ4n) is 2.09. The van der Waals surface area contributed by atoms with Gasteiger partial charge in [-0.3, -0.25) is 0 Å². The van der Waals surface area contributed by atoms with Gasteiger partial charge in [-0.2, -0.15) is 0 Å². The third kappa shape index (κ3) is 4.32. The van der Waals surface area contributed by atoms with Gasteiger partial charge in [-0.15, -0.1) is 0 Å². The van der Waals surface area contributed by atoms with Crippen molar-refractivity contribution in [3.63, 3.8) is 0 Å². The van der Waals surface area contributed by atoms with Gasteiger partial charge in [-0.05, 0) is 36.8 Å². The number of carbonyl (C=O) groups excluding carboxylic acids is 1. The molecule has 0 radical (unpaired) electrons. The van der Waals surface area contributed by atoms with Gasteiger partial charge in [-0.25, -0.2) is 4.79 Å². The number of carbonyl (C=O) groups is 1. The van der Waals surface area contributed by atoms with Crippen LogP contribution in [0.2, 0.25) is 0 Å². The van der Waals surface area contributed by atoms with Crippen LogP contribution in [-0.4, -0.2) is 23.8 Å². The first-order chi connectivity index (χ1) is 10.6. The van der Waals surface area contributed by atoms with Crippen LogP contribution in [0.15, 0.2) is 59.1 Å². The van der Waals surface area contributed by atoms with Gasteiger partial charge in [0.15, 0.2) is 6.10 Å². The molecule has 0 spiro atoms. The zero-order valence-corrected chi connectivity index (χ0v) is 13.8. The van der Waals surface area contributed by atoms with E-state index in [4.69, 9.17) is 4.74 Å². The Balaban J connectivity index is 2.27. The zero-order valence-electron chi connectivity index (χ0n) is 12.2. The fraction of sp³-hybridized carbons (Fsp3) is 0.235. The second-order valence-electron chi connectivity index (χ2n) is 4.74. The lowest BCUT2D eigenvalue weighted by Gasteiger charge is -2.24. The predicted octanol–water partition coefficient (Wildman–Crippen LogP) is 3.53. The number of rotatable bonds is 6. The lowest BCUT2D eigenvalue weighted by molar-refractivity contribution is -0.153. The molecule has 5 heteroatoms.